The quantitative estimate of drug-likeness (QED) is 0.715. The molecular formula is C15H17Br2NO2S. The van der Waals surface area contributed by atoms with Crippen molar-refractivity contribution in [3.8, 4) is 0 Å². The van der Waals surface area contributed by atoms with Crippen LogP contribution in [0.1, 0.15) is 24.8 Å². The molecule has 2 bridgehead atoms. The Morgan fingerprint density at radius 1 is 1.24 bits per heavy atom. The average Bonchev–Trinajstić information content (AvgIpc) is 2.96. The summed E-state index contributed by atoms with van der Waals surface area (Å²) in [7, 11) is -3.39. The molecule has 0 amide bonds. The van der Waals surface area contributed by atoms with Gasteiger partial charge in [-0.1, -0.05) is 23.8 Å². The highest BCUT2D eigenvalue weighted by atomic mass is 79.9. The lowest BCUT2D eigenvalue weighted by Crippen LogP contribution is -2.36. The summed E-state index contributed by atoms with van der Waals surface area (Å²) in [5.41, 5.74) is 1.07. The predicted octanol–water partition coefficient (Wildman–Crippen LogP) is 4.17. The first-order valence-corrected chi connectivity index (χ1v) is 10.1. The Hall–Kier alpha value is -0.170. The van der Waals surface area contributed by atoms with Crippen LogP contribution in [0.5, 0.6) is 0 Å². The van der Waals surface area contributed by atoms with E-state index in [1.165, 1.54) is 0 Å². The van der Waals surface area contributed by atoms with E-state index in [2.05, 4.69) is 37.9 Å². The molecule has 1 aromatic rings. The van der Waals surface area contributed by atoms with Gasteiger partial charge in [-0.2, -0.15) is 4.31 Å². The minimum atomic E-state index is -3.39. The summed E-state index contributed by atoms with van der Waals surface area (Å²) in [6, 6.07) is 7.38. The average molecular weight is 435 g/mol. The first-order valence-electron chi connectivity index (χ1n) is 7.02. The third kappa shape index (κ3) is 2.87. The number of aryl methyl sites for hydroxylation is 1. The monoisotopic (exact) mass is 433 g/mol. The van der Waals surface area contributed by atoms with E-state index < -0.39 is 10.0 Å². The molecule has 2 fully saturated rings. The highest BCUT2D eigenvalue weighted by Gasteiger charge is 2.51. The Morgan fingerprint density at radius 2 is 1.90 bits per heavy atom. The van der Waals surface area contributed by atoms with Crippen molar-refractivity contribution in [3.05, 3.63) is 39.3 Å². The Balaban J connectivity index is 1.93. The molecule has 3 rings (SSSR count). The fraction of sp³-hybridized carbons (Fsp3) is 0.467. The molecule has 2 aliphatic rings. The van der Waals surface area contributed by atoms with Crippen LogP contribution in [0.4, 0.5) is 0 Å². The lowest BCUT2D eigenvalue weighted by atomic mass is 9.89. The predicted molar refractivity (Wildman–Crippen MR) is 91.1 cm³/mol. The largest absolute Gasteiger partial charge is 0.243 e. The number of halogens is 2. The van der Waals surface area contributed by atoms with Gasteiger partial charge in [0.2, 0.25) is 10.0 Å². The summed E-state index contributed by atoms with van der Waals surface area (Å²) in [6.45, 7) is 1.96. The molecule has 0 saturated carbocycles. The maximum atomic E-state index is 12.9. The zero-order valence-corrected chi connectivity index (χ0v) is 15.7. The molecule has 0 unspecified atom stereocenters. The Labute approximate surface area is 142 Å². The summed E-state index contributed by atoms with van der Waals surface area (Å²) >= 11 is 6.78. The molecule has 6 heteroatoms. The van der Waals surface area contributed by atoms with Crippen LogP contribution in [0.3, 0.4) is 0 Å². The van der Waals surface area contributed by atoms with Crippen LogP contribution in [0.25, 0.3) is 0 Å². The third-order valence-electron chi connectivity index (χ3n) is 4.46. The van der Waals surface area contributed by atoms with Crippen LogP contribution in [-0.4, -0.2) is 24.8 Å². The number of hydrogen-bond donors (Lipinski definition) is 0. The fourth-order valence-electron chi connectivity index (χ4n) is 3.53. The van der Waals surface area contributed by atoms with Crippen LogP contribution >= 0.6 is 31.9 Å². The van der Waals surface area contributed by atoms with Crippen LogP contribution in [0, 0.1) is 12.8 Å². The molecule has 3 atom stereocenters. The van der Waals surface area contributed by atoms with Gasteiger partial charge in [-0.15, -0.1) is 0 Å². The minimum absolute atomic E-state index is 0.0893. The Kier molecular flexibility index (Phi) is 4.34. The lowest BCUT2D eigenvalue weighted by molar-refractivity contribution is 0.383. The van der Waals surface area contributed by atoms with E-state index in [1.807, 2.05) is 19.1 Å². The molecule has 2 heterocycles. The van der Waals surface area contributed by atoms with E-state index >= 15 is 0 Å². The molecule has 2 aliphatic heterocycles. The van der Waals surface area contributed by atoms with Gasteiger partial charge in [0.25, 0.3) is 0 Å². The van der Waals surface area contributed by atoms with E-state index in [1.54, 1.807) is 16.4 Å². The summed E-state index contributed by atoms with van der Waals surface area (Å²) < 4.78 is 28.5. The van der Waals surface area contributed by atoms with Crippen molar-refractivity contribution < 1.29 is 8.42 Å². The van der Waals surface area contributed by atoms with Crippen molar-refractivity contribution >= 4 is 41.9 Å². The van der Waals surface area contributed by atoms with Crippen LogP contribution in [-0.2, 0) is 10.0 Å². The number of rotatable bonds is 3. The number of nitrogens with zero attached hydrogens (tertiary/aromatic N) is 1. The molecule has 0 radical (unpaired) electrons. The topological polar surface area (TPSA) is 37.4 Å². The second kappa shape index (κ2) is 5.80. The molecule has 0 N–H and O–H groups in total. The molecule has 3 nitrogen and oxygen atoms in total. The first kappa shape index (κ1) is 15.7. The van der Waals surface area contributed by atoms with Crippen molar-refractivity contribution in [1.29, 1.82) is 0 Å². The maximum Gasteiger partial charge on any atom is 0.243 e. The van der Waals surface area contributed by atoms with Gasteiger partial charge in [0.15, 0.2) is 0 Å². The number of benzene rings is 1. The van der Waals surface area contributed by atoms with E-state index in [9.17, 15) is 8.42 Å². The summed E-state index contributed by atoms with van der Waals surface area (Å²) in [6.07, 6.45) is 4.92. The van der Waals surface area contributed by atoms with Gasteiger partial charge in [0.1, 0.15) is 0 Å². The number of hydrogen-bond acceptors (Lipinski definition) is 2. The van der Waals surface area contributed by atoms with Crippen molar-refractivity contribution in [2.45, 2.75) is 43.2 Å². The zero-order valence-electron chi connectivity index (χ0n) is 11.7. The summed E-state index contributed by atoms with van der Waals surface area (Å²) in [4.78, 5) is 0.410. The van der Waals surface area contributed by atoms with E-state index in [0.717, 1.165) is 28.2 Å². The van der Waals surface area contributed by atoms with Gasteiger partial charge in [0.05, 0.1) is 8.29 Å². The normalized spacial score (nSPS) is 28.8. The molecule has 21 heavy (non-hydrogen) atoms. The molecule has 0 spiro atoms. The van der Waals surface area contributed by atoms with Crippen molar-refractivity contribution in [2.75, 3.05) is 0 Å². The van der Waals surface area contributed by atoms with Crippen molar-refractivity contribution in [2.24, 2.45) is 5.92 Å². The van der Waals surface area contributed by atoms with Gasteiger partial charge >= 0.3 is 0 Å². The molecule has 0 aliphatic carbocycles. The maximum absolute atomic E-state index is 12.9. The fourth-order valence-corrected chi connectivity index (χ4v) is 6.14. The third-order valence-corrected chi connectivity index (χ3v) is 6.98. The summed E-state index contributed by atoms with van der Waals surface area (Å²) in [5.74, 6) is 0.290. The molecule has 0 aromatic heterocycles. The van der Waals surface area contributed by atoms with E-state index in [-0.39, 0.29) is 18.0 Å². The van der Waals surface area contributed by atoms with Crippen LogP contribution < -0.4 is 0 Å². The Morgan fingerprint density at radius 3 is 2.52 bits per heavy atom. The van der Waals surface area contributed by atoms with Gasteiger partial charge in [-0.25, -0.2) is 8.42 Å². The highest BCUT2D eigenvalue weighted by molar-refractivity contribution is 9.28. The van der Waals surface area contributed by atoms with Gasteiger partial charge in [-0.05, 0) is 76.1 Å². The molecule has 2 saturated heterocycles. The standard InChI is InChI=1S/C15H17Br2NO2S/c1-10-2-5-13(6-3-10)21(19,20)18-12-4-7-14(18)11(8-12)9-15(16)17/h2-3,5-6,9,11-12,14H,4,7-8H2,1H3/t11-,12+,14-/m1/s1. The van der Waals surface area contributed by atoms with Gasteiger partial charge in [0, 0.05) is 12.1 Å². The van der Waals surface area contributed by atoms with Crippen LogP contribution in [0.2, 0.25) is 0 Å². The Bertz CT molecular complexity index is 665. The second-order valence-electron chi connectivity index (χ2n) is 5.80. The van der Waals surface area contributed by atoms with Crippen molar-refractivity contribution in [3.63, 3.8) is 0 Å². The molecular weight excluding hydrogens is 418 g/mol. The SMILES string of the molecule is Cc1ccc(S(=O)(=O)N2[C@H]3CC[C@@H]2[C@@H](C=C(Br)Br)C3)cc1. The second-order valence-corrected chi connectivity index (χ2v) is 10.4. The van der Waals surface area contributed by atoms with Crippen molar-refractivity contribution in [1.82, 2.24) is 4.31 Å². The summed E-state index contributed by atoms with van der Waals surface area (Å²) in [5, 5.41) is 0. The van der Waals surface area contributed by atoms with Gasteiger partial charge in [-0.3, -0.25) is 0 Å². The van der Waals surface area contributed by atoms with E-state index in [4.69, 9.17) is 0 Å². The smallest absolute Gasteiger partial charge is 0.207 e. The molecule has 114 valence electrons. The highest BCUT2D eigenvalue weighted by Crippen LogP contribution is 2.46. The number of sulfonamides is 1. The van der Waals surface area contributed by atoms with Crippen LogP contribution in [0.15, 0.2) is 38.6 Å². The van der Waals surface area contributed by atoms with Gasteiger partial charge < -0.3 is 0 Å². The minimum Gasteiger partial charge on any atom is -0.207 e. The lowest BCUT2D eigenvalue weighted by Gasteiger charge is -2.23. The zero-order chi connectivity index (χ0) is 15.2. The van der Waals surface area contributed by atoms with E-state index in [0.29, 0.717) is 4.90 Å². The molecule has 1 aromatic carbocycles. The number of fused-ring (bicyclic) bond motifs is 2. The first-order chi connectivity index (χ1) is 9.89.